The standard InChI is InChI=1S/C16H30N4O2/c1-5-16(6-2)11-17-14(21)13(16)18-12-7-9-20(10-8-12)15(22)19(3)4/h12-13,18H,5-11H2,1-4H3,(H,17,21). The molecule has 2 heterocycles. The van der Waals surface area contributed by atoms with Gasteiger partial charge in [-0.15, -0.1) is 0 Å². The molecule has 2 aliphatic rings. The Morgan fingerprint density at radius 1 is 1.32 bits per heavy atom. The monoisotopic (exact) mass is 310 g/mol. The Balaban J connectivity index is 1.92. The van der Waals surface area contributed by atoms with E-state index >= 15 is 0 Å². The molecule has 2 N–H and O–H groups in total. The Kier molecular flexibility index (Phi) is 5.32. The Morgan fingerprint density at radius 2 is 1.91 bits per heavy atom. The number of carbonyl (C=O) groups excluding carboxylic acids is 2. The van der Waals surface area contributed by atoms with Crippen molar-refractivity contribution in [1.29, 1.82) is 0 Å². The van der Waals surface area contributed by atoms with Gasteiger partial charge in [0, 0.05) is 45.2 Å². The van der Waals surface area contributed by atoms with Crippen molar-refractivity contribution in [3.05, 3.63) is 0 Å². The van der Waals surface area contributed by atoms with Crippen molar-refractivity contribution < 1.29 is 9.59 Å². The predicted molar refractivity (Wildman–Crippen MR) is 86.6 cm³/mol. The lowest BCUT2D eigenvalue weighted by atomic mass is 9.77. The Labute approximate surface area is 133 Å². The van der Waals surface area contributed by atoms with E-state index in [2.05, 4.69) is 24.5 Å². The summed E-state index contributed by atoms with van der Waals surface area (Å²) in [6, 6.07) is 0.301. The number of hydrogen-bond donors (Lipinski definition) is 2. The van der Waals surface area contributed by atoms with Gasteiger partial charge in [-0.3, -0.25) is 4.79 Å². The second kappa shape index (κ2) is 6.86. The molecule has 0 aromatic rings. The number of piperidine rings is 1. The maximum atomic E-state index is 12.2. The molecule has 0 aromatic heterocycles. The molecule has 0 bridgehead atoms. The third-order valence-corrected chi connectivity index (χ3v) is 5.45. The van der Waals surface area contributed by atoms with Crippen molar-refractivity contribution in [2.45, 2.75) is 51.6 Å². The fourth-order valence-electron chi connectivity index (χ4n) is 3.66. The van der Waals surface area contributed by atoms with Gasteiger partial charge < -0.3 is 20.4 Å². The van der Waals surface area contributed by atoms with Crippen LogP contribution in [-0.4, -0.2) is 67.6 Å². The highest BCUT2D eigenvalue weighted by Crippen LogP contribution is 2.34. The van der Waals surface area contributed by atoms with Crippen molar-refractivity contribution >= 4 is 11.9 Å². The van der Waals surface area contributed by atoms with E-state index in [9.17, 15) is 9.59 Å². The van der Waals surface area contributed by atoms with Gasteiger partial charge in [-0.25, -0.2) is 4.79 Å². The van der Waals surface area contributed by atoms with Crippen molar-refractivity contribution in [3.8, 4) is 0 Å². The van der Waals surface area contributed by atoms with E-state index in [0.29, 0.717) is 6.04 Å². The second-order valence-corrected chi connectivity index (χ2v) is 6.83. The molecular formula is C16H30N4O2. The van der Waals surface area contributed by atoms with Crippen LogP contribution < -0.4 is 10.6 Å². The van der Waals surface area contributed by atoms with Crippen LogP contribution in [0.15, 0.2) is 0 Å². The number of nitrogens with zero attached hydrogens (tertiary/aromatic N) is 2. The van der Waals surface area contributed by atoms with Crippen molar-refractivity contribution in [2.24, 2.45) is 5.41 Å². The highest BCUT2D eigenvalue weighted by atomic mass is 16.2. The largest absolute Gasteiger partial charge is 0.354 e. The third kappa shape index (κ3) is 3.21. The zero-order chi connectivity index (χ0) is 16.3. The fourth-order valence-corrected chi connectivity index (χ4v) is 3.66. The summed E-state index contributed by atoms with van der Waals surface area (Å²) in [4.78, 5) is 27.7. The Hall–Kier alpha value is -1.30. The van der Waals surface area contributed by atoms with E-state index in [-0.39, 0.29) is 23.4 Å². The molecule has 0 aliphatic carbocycles. The summed E-state index contributed by atoms with van der Waals surface area (Å²) >= 11 is 0. The molecule has 3 amide bonds. The topological polar surface area (TPSA) is 64.7 Å². The normalized spacial score (nSPS) is 25.2. The highest BCUT2D eigenvalue weighted by Gasteiger charge is 2.46. The van der Waals surface area contributed by atoms with Crippen LogP contribution in [0.3, 0.4) is 0 Å². The summed E-state index contributed by atoms with van der Waals surface area (Å²) in [5, 5.41) is 6.61. The molecule has 0 spiro atoms. The van der Waals surface area contributed by atoms with Crippen molar-refractivity contribution in [1.82, 2.24) is 20.4 Å². The molecule has 0 saturated carbocycles. The molecule has 1 unspecified atom stereocenters. The van der Waals surface area contributed by atoms with Crippen molar-refractivity contribution in [3.63, 3.8) is 0 Å². The van der Waals surface area contributed by atoms with Crippen LogP contribution in [0.1, 0.15) is 39.5 Å². The maximum absolute atomic E-state index is 12.2. The summed E-state index contributed by atoms with van der Waals surface area (Å²) in [5.41, 5.74) is 0.0354. The second-order valence-electron chi connectivity index (χ2n) is 6.83. The summed E-state index contributed by atoms with van der Waals surface area (Å²) in [6.45, 7) is 6.62. The number of urea groups is 1. The Bertz CT molecular complexity index is 412. The molecular weight excluding hydrogens is 280 g/mol. The molecule has 0 radical (unpaired) electrons. The first-order valence-corrected chi connectivity index (χ1v) is 8.43. The van der Waals surface area contributed by atoms with Gasteiger partial charge in [0.05, 0.1) is 6.04 Å². The molecule has 1 atom stereocenters. The molecule has 0 aromatic carbocycles. The van der Waals surface area contributed by atoms with E-state index in [1.165, 1.54) is 0 Å². The number of hydrogen-bond acceptors (Lipinski definition) is 3. The van der Waals surface area contributed by atoms with E-state index < -0.39 is 0 Å². The van der Waals surface area contributed by atoms with Crippen LogP contribution in [0, 0.1) is 5.41 Å². The van der Waals surface area contributed by atoms with Gasteiger partial charge in [-0.1, -0.05) is 13.8 Å². The summed E-state index contributed by atoms with van der Waals surface area (Å²) in [7, 11) is 3.57. The molecule has 126 valence electrons. The number of nitrogens with one attached hydrogen (secondary N) is 2. The van der Waals surface area contributed by atoms with Crippen molar-refractivity contribution in [2.75, 3.05) is 33.7 Å². The van der Waals surface area contributed by atoms with Crippen LogP contribution in [0.5, 0.6) is 0 Å². The molecule has 2 aliphatic heterocycles. The van der Waals surface area contributed by atoms with Gasteiger partial charge in [0.2, 0.25) is 5.91 Å². The van der Waals surface area contributed by atoms with E-state index in [1.807, 2.05) is 4.90 Å². The molecule has 22 heavy (non-hydrogen) atoms. The molecule has 6 nitrogen and oxygen atoms in total. The predicted octanol–water partition coefficient (Wildman–Crippen LogP) is 1.03. The fraction of sp³-hybridized carbons (Fsp3) is 0.875. The first-order valence-electron chi connectivity index (χ1n) is 8.43. The van der Waals surface area contributed by atoms with Gasteiger partial charge in [0.15, 0.2) is 0 Å². The molecule has 6 heteroatoms. The molecule has 2 saturated heterocycles. The van der Waals surface area contributed by atoms with Gasteiger partial charge in [-0.2, -0.15) is 0 Å². The average molecular weight is 310 g/mol. The smallest absolute Gasteiger partial charge is 0.319 e. The first-order chi connectivity index (χ1) is 10.4. The lowest BCUT2D eigenvalue weighted by Gasteiger charge is -2.38. The minimum atomic E-state index is -0.0939. The van der Waals surface area contributed by atoms with Crippen LogP contribution >= 0.6 is 0 Å². The zero-order valence-corrected chi connectivity index (χ0v) is 14.3. The Morgan fingerprint density at radius 3 is 2.41 bits per heavy atom. The van der Waals surface area contributed by atoms with Crippen LogP contribution in [0.25, 0.3) is 0 Å². The minimum Gasteiger partial charge on any atom is -0.354 e. The summed E-state index contributed by atoms with van der Waals surface area (Å²) in [5.74, 6) is 0.135. The van der Waals surface area contributed by atoms with Gasteiger partial charge >= 0.3 is 6.03 Å². The van der Waals surface area contributed by atoms with Gasteiger partial charge in [0.1, 0.15) is 0 Å². The van der Waals surface area contributed by atoms with Crippen LogP contribution in [-0.2, 0) is 4.79 Å². The van der Waals surface area contributed by atoms with Gasteiger partial charge in [-0.05, 0) is 25.7 Å². The average Bonchev–Trinajstić information content (AvgIpc) is 2.84. The zero-order valence-electron chi connectivity index (χ0n) is 14.3. The lowest BCUT2D eigenvalue weighted by Crippen LogP contribution is -2.54. The van der Waals surface area contributed by atoms with E-state index in [1.54, 1.807) is 19.0 Å². The van der Waals surface area contributed by atoms with Gasteiger partial charge in [0.25, 0.3) is 0 Å². The molecule has 2 rings (SSSR count). The highest BCUT2D eigenvalue weighted by molar-refractivity contribution is 5.85. The number of likely N-dealkylation sites (tertiary alicyclic amines) is 1. The SMILES string of the molecule is CCC1(CC)CNC(=O)C1NC1CCN(C(=O)N(C)C)CC1. The number of amides is 3. The van der Waals surface area contributed by atoms with E-state index in [4.69, 9.17) is 0 Å². The molecule has 2 fully saturated rings. The maximum Gasteiger partial charge on any atom is 0.319 e. The van der Waals surface area contributed by atoms with Crippen LogP contribution in [0.2, 0.25) is 0 Å². The minimum absolute atomic E-state index is 0.0354. The first kappa shape index (κ1) is 17.1. The number of rotatable bonds is 4. The van der Waals surface area contributed by atoms with E-state index in [0.717, 1.165) is 45.3 Å². The summed E-state index contributed by atoms with van der Waals surface area (Å²) < 4.78 is 0. The number of carbonyl (C=O) groups is 2. The third-order valence-electron chi connectivity index (χ3n) is 5.45. The lowest BCUT2D eigenvalue weighted by molar-refractivity contribution is -0.122. The summed E-state index contributed by atoms with van der Waals surface area (Å²) in [6.07, 6.45) is 3.81. The van der Waals surface area contributed by atoms with Crippen LogP contribution in [0.4, 0.5) is 4.79 Å². The quantitative estimate of drug-likeness (QED) is 0.815.